The van der Waals surface area contributed by atoms with Crippen molar-refractivity contribution in [1.29, 1.82) is 0 Å². The summed E-state index contributed by atoms with van der Waals surface area (Å²) in [6.45, 7) is 0. The first-order chi connectivity index (χ1) is 16.0. The van der Waals surface area contributed by atoms with Gasteiger partial charge in [-0.3, -0.25) is 4.79 Å². The molecule has 8 heteroatoms. The van der Waals surface area contributed by atoms with Crippen LogP contribution in [0.3, 0.4) is 0 Å². The molecule has 33 heavy (non-hydrogen) atoms. The summed E-state index contributed by atoms with van der Waals surface area (Å²) in [5.74, 6) is 2.11. The SMILES string of the molecule is COc1cccc(-c2ccc3c(N)c(C(=O)Cc4cc(OC)c(OC)c(OC)c4)sc3n2)c1. The number of ketones is 1. The molecule has 0 fully saturated rings. The van der Waals surface area contributed by atoms with E-state index in [-0.39, 0.29) is 12.2 Å². The molecule has 4 aromatic rings. The number of nitrogen functional groups attached to an aromatic ring is 1. The van der Waals surface area contributed by atoms with E-state index in [1.54, 1.807) is 33.5 Å². The second-order valence-corrected chi connectivity index (χ2v) is 8.26. The Labute approximate surface area is 195 Å². The average molecular weight is 465 g/mol. The van der Waals surface area contributed by atoms with Crippen LogP contribution in [0.4, 0.5) is 5.69 Å². The molecule has 0 radical (unpaired) electrons. The molecule has 0 amide bonds. The number of hydrogen-bond acceptors (Lipinski definition) is 8. The molecule has 2 aromatic carbocycles. The highest BCUT2D eigenvalue weighted by molar-refractivity contribution is 7.21. The largest absolute Gasteiger partial charge is 0.497 e. The van der Waals surface area contributed by atoms with Crippen molar-refractivity contribution in [1.82, 2.24) is 4.98 Å². The Hall–Kier alpha value is -3.78. The molecule has 0 bridgehead atoms. The van der Waals surface area contributed by atoms with Crippen LogP contribution in [-0.2, 0) is 6.42 Å². The summed E-state index contributed by atoms with van der Waals surface area (Å²) < 4.78 is 21.4. The fourth-order valence-corrected chi connectivity index (χ4v) is 4.68. The lowest BCUT2D eigenvalue weighted by atomic mass is 10.1. The van der Waals surface area contributed by atoms with E-state index in [1.807, 2.05) is 36.4 Å². The number of fused-ring (bicyclic) bond motifs is 1. The average Bonchev–Trinajstić information content (AvgIpc) is 3.19. The summed E-state index contributed by atoms with van der Waals surface area (Å²) in [5.41, 5.74) is 9.23. The Kier molecular flexibility index (Phi) is 6.37. The summed E-state index contributed by atoms with van der Waals surface area (Å²) in [6, 6.07) is 15.0. The van der Waals surface area contributed by atoms with E-state index in [2.05, 4.69) is 0 Å². The molecule has 2 heterocycles. The summed E-state index contributed by atoms with van der Waals surface area (Å²) in [5, 5.41) is 0.764. The molecule has 0 atom stereocenters. The van der Waals surface area contributed by atoms with Crippen LogP contribution >= 0.6 is 11.3 Å². The van der Waals surface area contributed by atoms with Gasteiger partial charge in [-0.05, 0) is 42.0 Å². The van der Waals surface area contributed by atoms with Gasteiger partial charge in [0.05, 0.1) is 44.7 Å². The maximum Gasteiger partial charge on any atom is 0.203 e. The van der Waals surface area contributed by atoms with Crippen molar-refractivity contribution in [2.75, 3.05) is 34.2 Å². The smallest absolute Gasteiger partial charge is 0.203 e. The molecule has 0 aliphatic rings. The maximum atomic E-state index is 13.2. The Balaban J connectivity index is 1.67. The first-order valence-electron chi connectivity index (χ1n) is 10.1. The van der Waals surface area contributed by atoms with Crippen LogP contribution in [-0.4, -0.2) is 39.2 Å². The molecule has 0 aliphatic heterocycles. The molecule has 0 aliphatic carbocycles. The van der Waals surface area contributed by atoms with Crippen molar-refractivity contribution in [3.05, 3.63) is 59.0 Å². The number of benzene rings is 2. The number of hydrogen-bond donors (Lipinski definition) is 1. The van der Waals surface area contributed by atoms with E-state index in [0.717, 1.165) is 28.0 Å². The molecule has 0 saturated carbocycles. The third-order valence-corrected chi connectivity index (χ3v) is 6.46. The first-order valence-corrected chi connectivity index (χ1v) is 11.0. The number of aromatic nitrogens is 1. The number of thiophene rings is 1. The third kappa shape index (κ3) is 4.29. The van der Waals surface area contributed by atoms with E-state index in [9.17, 15) is 4.79 Å². The van der Waals surface area contributed by atoms with Gasteiger partial charge < -0.3 is 24.7 Å². The number of carbonyl (C=O) groups excluding carboxylic acids is 1. The van der Waals surface area contributed by atoms with Gasteiger partial charge in [0.25, 0.3) is 0 Å². The van der Waals surface area contributed by atoms with Crippen LogP contribution in [0.25, 0.3) is 21.5 Å². The van der Waals surface area contributed by atoms with Crippen LogP contribution < -0.4 is 24.7 Å². The number of nitrogens with zero attached hydrogens (tertiary/aromatic N) is 1. The van der Waals surface area contributed by atoms with Crippen molar-refractivity contribution in [3.63, 3.8) is 0 Å². The van der Waals surface area contributed by atoms with Crippen molar-refractivity contribution in [2.24, 2.45) is 0 Å². The zero-order valence-electron chi connectivity index (χ0n) is 18.8. The molecular weight excluding hydrogens is 440 g/mol. The number of anilines is 1. The second-order valence-electron chi connectivity index (χ2n) is 7.26. The van der Waals surface area contributed by atoms with Crippen LogP contribution in [0.2, 0.25) is 0 Å². The van der Waals surface area contributed by atoms with Crippen molar-refractivity contribution in [2.45, 2.75) is 6.42 Å². The number of ether oxygens (including phenoxy) is 4. The fourth-order valence-electron chi connectivity index (χ4n) is 3.65. The van der Waals surface area contributed by atoms with Crippen LogP contribution in [0.15, 0.2) is 48.5 Å². The molecule has 170 valence electrons. The molecule has 7 nitrogen and oxygen atoms in total. The van der Waals surface area contributed by atoms with E-state index < -0.39 is 0 Å². The summed E-state index contributed by atoms with van der Waals surface area (Å²) in [7, 11) is 6.24. The zero-order chi connectivity index (χ0) is 23.5. The minimum atomic E-state index is -0.104. The zero-order valence-corrected chi connectivity index (χ0v) is 19.6. The van der Waals surface area contributed by atoms with Crippen LogP contribution in [0, 0.1) is 0 Å². The van der Waals surface area contributed by atoms with Gasteiger partial charge in [-0.15, -0.1) is 11.3 Å². The van der Waals surface area contributed by atoms with Gasteiger partial charge in [0.1, 0.15) is 10.6 Å². The lowest BCUT2D eigenvalue weighted by molar-refractivity contribution is 0.0997. The topological polar surface area (TPSA) is 92.9 Å². The molecular formula is C25H24N2O5S. The standard InChI is InChI=1S/C25H24N2O5S/c1-29-16-7-5-6-15(13-16)18-9-8-17-22(26)24(33-25(17)27-18)19(28)10-14-11-20(30-2)23(32-4)21(12-14)31-3/h5-9,11-13H,10,26H2,1-4H3. The number of Topliss-reactive ketones (excluding diaryl/α,β-unsaturated/α-hetero) is 1. The number of nitrogens with two attached hydrogens (primary N) is 1. The lowest BCUT2D eigenvalue weighted by Crippen LogP contribution is -2.05. The Morgan fingerprint density at radius 2 is 1.67 bits per heavy atom. The van der Waals surface area contributed by atoms with Gasteiger partial charge in [0, 0.05) is 17.4 Å². The summed E-state index contributed by atoms with van der Waals surface area (Å²) in [6.07, 6.45) is 0.135. The van der Waals surface area contributed by atoms with Gasteiger partial charge in [-0.1, -0.05) is 12.1 Å². The molecule has 4 rings (SSSR count). The normalized spacial score (nSPS) is 10.8. The number of pyridine rings is 1. The minimum Gasteiger partial charge on any atom is -0.497 e. The number of carbonyl (C=O) groups is 1. The highest BCUT2D eigenvalue weighted by Gasteiger charge is 2.20. The van der Waals surface area contributed by atoms with Crippen LogP contribution in [0.5, 0.6) is 23.0 Å². The third-order valence-electron chi connectivity index (χ3n) is 5.30. The maximum absolute atomic E-state index is 13.2. The first kappa shape index (κ1) is 22.4. The van der Waals surface area contributed by atoms with Gasteiger partial charge in [0.2, 0.25) is 5.75 Å². The lowest BCUT2D eigenvalue weighted by Gasteiger charge is -2.13. The monoisotopic (exact) mass is 464 g/mol. The summed E-state index contributed by atoms with van der Waals surface area (Å²) in [4.78, 5) is 19.1. The second kappa shape index (κ2) is 9.38. The predicted molar refractivity (Wildman–Crippen MR) is 130 cm³/mol. The number of methoxy groups -OCH3 is 4. The molecule has 0 spiro atoms. The predicted octanol–water partition coefficient (Wildman–Crippen LogP) is 5.01. The molecule has 0 unspecified atom stereocenters. The molecule has 0 saturated heterocycles. The van der Waals surface area contributed by atoms with Crippen LogP contribution in [0.1, 0.15) is 15.2 Å². The minimum absolute atomic E-state index is 0.104. The molecule has 2 N–H and O–H groups in total. The van der Waals surface area contributed by atoms with Gasteiger partial charge >= 0.3 is 0 Å². The highest BCUT2D eigenvalue weighted by Crippen LogP contribution is 2.39. The Morgan fingerprint density at radius 1 is 0.939 bits per heavy atom. The van der Waals surface area contributed by atoms with Gasteiger partial charge in [0.15, 0.2) is 17.3 Å². The van der Waals surface area contributed by atoms with E-state index in [4.69, 9.17) is 29.7 Å². The van der Waals surface area contributed by atoms with Gasteiger partial charge in [-0.25, -0.2) is 4.98 Å². The highest BCUT2D eigenvalue weighted by atomic mass is 32.1. The Bertz CT molecular complexity index is 1310. The quantitative estimate of drug-likeness (QED) is 0.367. The molecule has 2 aromatic heterocycles. The van der Waals surface area contributed by atoms with E-state index in [1.165, 1.54) is 18.4 Å². The Morgan fingerprint density at radius 3 is 2.30 bits per heavy atom. The van der Waals surface area contributed by atoms with E-state index >= 15 is 0 Å². The van der Waals surface area contributed by atoms with Crippen molar-refractivity contribution in [3.8, 4) is 34.3 Å². The van der Waals surface area contributed by atoms with Crippen molar-refractivity contribution < 1.29 is 23.7 Å². The number of rotatable bonds is 8. The van der Waals surface area contributed by atoms with E-state index in [0.29, 0.717) is 32.6 Å². The fraction of sp³-hybridized carbons (Fsp3) is 0.200. The van der Waals surface area contributed by atoms with Crippen molar-refractivity contribution >= 4 is 33.0 Å². The van der Waals surface area contributed by atoms with Gasteiger partial charge in [-0.2, -0.15) is 0 Å². The summed E-state index contributed by atoms with van der Waals surface area (Å²) >= 11 is 1.29.